The Bertz CT molecular complexity index is 812. The molecule has 1 aliphatic rings. The third-order valence-corrected chi connectivity index (χ3v) is 5.42. The second kappa shape index (κ2) is 9.89. The molecule has 0 saturated carbocycles. The standard InChI is InChI=1S/C21H24BrFN2O3/c1-27-17-6-4-5-15(11-17)19(25-9-2-3-10-25)13-24-21(26)14-28-20-8-7-16(23)12-18(20)22/h4-8,11-12,19H,2-3,9-10,13-14H2,1H3,(H,24,26)/t19-/m1/s1. The largest absolute Gasteiger partial charge is 0.497 e. The van der Waals surface area contributed by atoms with Crippen LogP contribution in [-0.2, 0) is 4.79 Å². The molecule has 0 aliphatic carbocycles. The van der Waals surface area contributed by atoms with Crippen molar-refractivity contribution in [2.45, 2.75) is 18.9 Å². The van der Waals surface area contributed by atoms with Crippen LogP contribution in [0.15, 0.2) is 46.9 Å². The third-order valence-electron chi connectivity index (χ3n) is 4.81. The molecule has 7 heteroatoms. The van der Waals surface area contributed by atoms with Crippen molar-refractivity contribution in [1.29, 1.82) is 0 Å². The van der Waals surface area contributed by atoms with E-state index < -0.39 is 0 Å². The Morgan fingerprint density at radius 2 is 2.04 bits per heavy atom. The van der Waals surface area contributed by atoms with Crippen LogP contribution in [0.2, 0.25) is 0 Å². The summed E-state index contributed by atoms with van der Waals surface area (Å²) >= 11 is 3.23. The lowest BCUT2D eigenvalue weighted by Crippen LogP contribution is -2.38. The third kappa shape index (κ3) is 5.45. The molecule has 1 amide bonds. The van der Waals surface area contributed by atoms with Gasteiger partial charge in [0, 0.05) is 6.54 Å². The molecule has 1 heterocycles. The number of amides is 1. The van der Waals surface area contributed by atoms with E-state index in [9.17, 15) is 9.18 Å². The molecule has 1 atom stereocenters. The Labute approximate surface area is 172 Å². The number of hydrogen-bond acceptors (Lipinski definition) is 4. The molecule has 1 N–H and O–H groups in total. The van der Waals surface area contributed by atoms with Crippen molar-refractivity contribution in [1.82, 2.24) is 10.2 Å². The Kier molecular flexibility index (Phi) is 7.28. The summed E-state index contributed by atoms with van der Waals surface area (Å²) in [6.45, 7) is 2.38. The lowest BCUT2D eigenvalue weighted by molar-refractivity contribution is -0.123. The quantitative estimate of drug-likeness (QED) is 0.661. The Balaban J connectivity index is 1.60. The number of benzene rings is 2. The van der Waals surface area contributed by atoms with E-state index in [4.69, 9.17) is 9.47 Å². The number of carbonyl (C=O) groups is 1. The van der Waals surface area contributed by atoms with Crippen molar-refractivity contribution in [2.24, 2.45) is 0 Å². The predicted molar refractivity (Wildman–Crippen MR) is 109 cm³/mol. The number of hydrogen-bond donors (Lipinski definition) is 1. The van der Waals surface area contributed by atoms with E-state index in [1.165, 1.54) is 18.2 Å². The lowest BCUT2D eigenvalue weighted by Gasteiger charge is -2.28. The van der Waals surface area contributed by atoms with Crippen LogP contribution in [0, 0.1) is 5.82 Å². The van der Waals surface area contributed by atoms with Gasteiger partial charge in [0.25, 0.3) is 5.91 Å². The van der Waals surface area contributed by atoms with Gasteiger partial charge in [-0.2, -0.15) is 0 Å². The molecule has 0 bridgehead atoms. The van der Waals surface area contributed by atoms with Gasteiger partial charge in [-0.15, -0.1) is 0 Å². The first-order chi connectivity index (χ1) is 13.6. The fourth-order valence-electron chi connectivity index (χ4n) is 3.36. The Morgan fingerprint density at radius 1 is 1.25 bits per heavy atom. The monoisotopic (exact) mass is 450 g/mol. The first-order valence-corrected chi connectivity index (χ1v) is 10.1. The highest BCUT2D eigenvalue weighted by atomic mass is 79.9. The summed E-state index contributed by atoms with van der Waals surface area (Å²) in [5, 5.41) is 2.96. The highest BCUT2D eigenvalue weighted by Gasteiger charge is 2.24. The SMILES string of the molecule is COc1cccc([C@@H](CNC(=O)COc2ccc(F)cc2Br)N2CCCC2)c1. The summed E-state index contributed by atoms with van der Waals surface area (Å²) in [6, 6.07) is 12.1. The molecular formula is C21H24BrFN2O3. The number of carbonyl (C=O) groups excluding carboxylic acids is 1. The van der Waals surface area contributed by atoms with Crippen molar-refractivity contribution < 1.29 is 18.7 Å². The van der Waals surface area contributed by atoms with Crippen molar-refractivity contribution in [2.75, 3.05) is 33.4 Å². The van der Waals surface area contributed by atoms with Gasteiger partial charge in [-0.1, -0.05) is 12.1 Å². The summed E-state index contributed by atoms with van der Waals surface area (Å²) in [5.74, 6) is 0.650. The van der Waals surface area contributed by atoms with Crippen molar-refractivity contribution in [3.63, 3.8) is 0 Å². The Morgan fingerprint density at radius 3 is 2.75 bits per heavy atom. The molecule has 150 valence electrons. The van der Waals surface area contributed by atoms with Crippen LogP contribution in [-0.4, -0.2) is 44.2 Å². The average Bonchev–Trinajstić information content (AvgIpc) is 3.22. The highest BCUT2D eigenvalue weighted by molar-refractivity contribution is 9.10. The van der Waals surface area contributed by atoms with E-state index in [2.05, 4.69) is 32.2 Å². The number of methoxy groups -OCH3 is 1. The van der Waals surface area contributed by atoms with E-state index >= 15 is 0 Å². The highest BCUT2D eigenvalue weighted by Crippen LogP contribution is 2.27. The van der Waals surface area contributed by atoms with Crippen molar-refractivity contribution in [3.8, 4) is 11.5 Å². The zero-order valence-corrected chi connectivity index (χ0v) is 17.4. The molecular weight excluding hydrogens is 427 g/mol. The van der Waals surface area contributed by atoms with Gasteiger partial charge in [-0.25, -0.2) is 4.39 Å². The van der Waals surface area contributed by atoms with Crippen LogP contribution in [0.1, 0.15) is 24.4 Å². The second-order valence-corrected chi connectivity index (χ2v) is 7.56. The lowest BCUT2D eigenvalue weighted by atomic mass is 10.0. The van der Waals surface area contributed by atoms with Gasteiger partial charge in [0.05, 0.1) is 17.6 Å². The molecule has 0 radical (unpaired) electrons. The van der Waals surface area contributed by atoms with Gasteiger partial charge in [0.2, 0.25) is 0 Å². The predicted octanol–water partition coefficient (Wildman–Crippen LogP) is 3.93. The fraction of sp³-hybridized carbons (Fsp3) is 0.381. The number of rotatable bonds is 8. The molecule has 5 nitrogen and oxygen atoms in total. The summed E-state index contributed by atoms with van der Waals surface area (Å²) in [4.78, 5) is 14.7. The van der Waals surface area contributed by atoms with Crippen molar-refractivity contribution in [3.05, 3.63) is 58.3 Å². The van der Waals surface area contributed by atoms with E-state index in [1.807, 2.05) is 18.2 Å². The maximum Gasteiger partial charge on any atom is 0.258 e. The van der Waals surface area contributed by atoms with E-state index in [0.29, 0.717) is 16.8 Å². The van der Waals surface area contributed by atoms with E-state index in [-0.39, 0.29) is 24.4 Å². The minimum atomic E-state index is -0.365. The van der Waals surface area contributed by atoms with E-state index in [1.54, 1.807) is 7.11 Å². The molecule has 0 spiro atoms. The maximum absolute atomic E-state index is 13.1. The van der Waals surface area contributed by atoms with Gasteiger partial charge in [-0.05, 0) is 77.8 Å². The van der Waals surface area contributed by atoms with Crippen LogP contribution in [0.5, 0.6) is 11.5 Å². The van der Waals surface area contributed by atoms with Crippen molar-refractivity contribution >= 4 is 21.8 Å². The zero-order chi connectivity index (χ0) is 19.9. The van der Waals surface area contributed by atoms with Crippen LogP contribution < -0.4 is 14.8 Å². The van der Waals surface area contributed by atoms with Gasteiger partial charge in [0.1, 0.15) is 17.3 Å². The minimum absolute atomic E-state index is 0.0825. The van der Waals surface area contributed by atoms with Gasteiger partial charge >= 0.3 is 0 Å². The van der Waals surface area contributed by atoms with Crippen LogP contribution in [0.4, 0.5) is 4.39 Å². The summed E-state index contributed by atoms with van der Waals surface area (Å²) in [6.07, 6.45) is 2.33. The molecule has 1 saturated heterocycles. The normalized spacial score (nSPS) is 15.2. The van der Waals surface area contributed by atoms with Gasteiger partial charge < -0.3 is 14.8 Å². The molecule has 1 aliphatic heterocycles. The zero-order valence-electron chi connectivity index (χ0n) is 15.8. The number of halogens is 2. The molecule has 0 aromatic heterocycles. The number of ether oxygens (including phenoxy) is 2. The summed E-state index contributed by atoms with van der Waals surface area (Å²) in [7, 11) is 1.65. The first kappa shape index (κ1) is 20.6. The summed E-state index contributed by atoms with van der Waals surface area (Å²) in [5.41, 5.74) is 1.11. The first-order valence-electron chi connectivity index (χ1n) is 9.29. The average molecular weight is 451 g/mol. The molecule has 28 heavy (non-hydrogen) atoms. The molecule has 3 rings (SSSR count). The smallest absolute Gasteiger partial charge is 0.258 e. The maximum atomic E-state index is 13.1. The molecule has 2 aromatic rings. The number of nitrogens with zero attached hydrogens (tertiary/aromatic N) is 1. The van der Waals surface area contributed by atoms with Gasteiger partial charge in [0.15, 0.2) is 6.61 Å². The second-order valence-electron chi connectivity index (χ2n) is 6.70. The fourth-order valence-corrected chi connectivity index (χ4v) is 3.82. The van der Waals surface area contributed by atoms with E-state index in [0.717, 1.165) is 37.2 Å². The molecule has 1 fully saturated rings. The number of likely N-dealkylation sites (tertiary alicyclic amines) is 1. The van der Waals surface area contributed by atoms with Crippen LogP contribution >= 0.6 is 15.9 Å². The molecule has 2 aromatic carbocycles. The summed E-state index contributed by atoms with van der Waals surface area (Å²) < 4.78 is 24.5. The number of nitrogens with one attached hydrogen (secondary N) is 1. The minimum Gasteiger partial charge on any atom is -0.497 e. The topological polar surface area (TPSA) is 50.8 Å². The van der Waals surface area contributed by atoms with Crippen LogP contribution in [0.3, 0.4) is 0 Å². The van der Waals surface area contributed by atoms with Crippen LogP contribution in [0.25, 0.3) is 0 Å². The molecule has 0 unspecified atom stereocenters. The Hall–Kier alpha value is -2.12. The van der Waals surface area contributed by atoms with Gasteiger partial charge in [-0.3, -0.25) is 9.69 Å².